The van der Waals surface area contributed by atoms with Gasteiger partial charge in [-0.1, -0.05) is 261 Å². The van der Waals surface area contributed by atoms with Crippen LogP contribution in [0.3, 0.4) is 0 Å². The molecule has 0 fully saturated rings. The first-order valence-electron chi connectivity index (χ1n) is 35.3. The van der Waals surface area contributed by atoms with Gasteiger partial charge in [-0.05, 0) is 159 Å². The van der Waals surface area contributed by atoms with Crippen LogP contribution >= 0.6 is 93.0 Å². The van der Waals surface area contributed by atoms with Gasteiger partial charge in [-0.3, -0.25) is 15.0 Å². The van der Waals surface area contributed by atoms with Crippen LogP contribution in [-0.2, 0) is 85.2 Å². The van der Waals surface area contributed by atoms with Gasteiger partial charge in [-0.25, -0.2) is 9.98 Å². The number of fused-ring (bicyclic) bond motifs is 1. The number of para-hydroxylation sites is 9. The monoisotopic (exact) mass is 1920 g/mol. The normalized spacial score (nSPS) is 10.6. The molecule has 5 N–H and O–H groups in total. The fraction of sp³-hybridized carbons (Fsp3) is 0.0543. The van der Waals surface area contributed by atoms with E-state index in [-0.39, 0.29) is 23.0 Å². The van der Waals surface area contributed by atoms with Crippen LogP contribution in [0.1, 0.15) is 70.8 Å². The molecule has 14 aromatic carbocycles. The summed E-state index contributed by atoms with van der Waals surface area (Å²) < 4.78 is 0. The van der Waals surface area contributed by atoms with Gasteiger partial charge in [-0.2, -0.15) is 0 Å². The number of nitrogens with zero attached hydrogens (tertiary/aromatic N) is 5. The zero-order valence-corrected chi connectivity index (χ0v) is 79.2. The van der Waals surface area contributed by atoms with E-state index in [1.165, 1.54) is 0 Å². The predicted octanol–water partition coefficient (Wildman–Crippen LogP) is 30.0. The van der Waals surface area contributed by atoms with Gasteiger partial charge in [0.2, 0.25) is 0 Å². The third-order valence-electron chi connectivity index (χ3n) is 16.3. The number of hydrogen-bond acceptors (Lipinski definition) is 10. The Morgan fingerprint density at radius 3 is 0.940 bits per heavy atom. The quantitative estimate of drug-likeness (QED) is 0.0572. The molecule has 592 valence electrons. The molecule has 14 aromatic rings. The number of phenols is 5. The minimum atomic E-state index is -0.556. The molecular formula is C92H79Cl10N5O5Ti5. The zero-order valence-electron chi connectivity index (χ0n) is 63.8. The molecule has 0 spiro atoms. The van der Waals surface area contributed by atoms with Crippen LogP contribution < -0.4 is 0 Å². The van der Waals surface area contributed by atoms with E-state index in [1.54, 1.807) is 12.1 Å². The van der Waals surface area contributed by atoms with Gasteiger partial charge in [-0.15, -0.1) is 0 Å². The summed E-state index contributed by atoms with van der Waals surface area (Å²) in [6.45, 7) is 9.52. The van der Waals surface area contributed by atoms with E-state index < -0.39 is 85.2 Å². The van der Waals surface area contributed by atoms with Crippen LogP contribution in [-0.4, -0.2) is 54.1 Å². The molecule has 0 aliphatic heterocycles. The molecule has 0 bridgehead atoms. The molecule has 0 aliphatic rings. The van der Waals surface area contributed by atoms with Crippen LogP contribution in [0.25, 0.3) is 21.9 Å². The molecule has 0 atom stereocenters. The summed E-state index contributed by atoms with van der Waals surface area (Å²) in [5.41, 5.74) is 17.6. The van der Waals surface area contributed by atoms with E-state index in [2.05, 4.69) is 15.0 Å². The molecule has 14 rings (SSSR count). The molecule has 0 heterocycles. The van der Waals surface area contributed by atoms with E-state index in [9.17, 15) is 25.5 Å². The predicted molar refractivity (Wildman–Crippen MR) is 483 cm³/mol. The molecule has 0 aliphatic carbocycles. The summed E-state index contributed by atoms with van der Waals surface area (Å²) >= 11 is -2.78. The Hall–Kier alpha value is -6.84. The van der Waals surface area contributed by atoms with Gasteiger partial charge in [0.1, 0.15) is 28.7 Å². The van der Waals surface area contributed by atoms with Crippen molar-refractivity contribution in [3.8, 4) is 39.9 Å². The Morgan fingerprint density at radius 1 is 0.248 bits per heavy atom. The van der Waals surface area contributed by atoms with E-state index in [0.29, 0.717) is 5.75 Å². The standard InChI is InChI=1S/2C20H17NO.C19H15NO.C18H15NO.C15H15NO.10ClH.5Ti/c1-15-9-8-14-18(20(15)22)19(16-10-4-2-5-11-16)21-17-12-6-3-7-13-17;1-15(21-17-11-6-3-7-12-17)18-13-8-14-19(20(18)22)16-9-4-2-5-10-16;21-18-14-8-7-13-17(18)19(15-9-3-1-4-10-15)20-16-11-5-2-6-12-16;1-13(19-15-8-3-2-4-9-15)18-16-10-6-5-7-14(16)11-12-17(18)20;1-11-7-6-10-14(15(11)17)12(2)16-13-8-4-3-5-9-13;;;;;;;;;;;;;;;/h2*2-14,22H,1H3;1-14,21H;2-12,20H,1H3;3-10,17H,1-2H3;10*1H;;;;;/q;;;;;;;;;;;;;;;5*+2/p-10. The number of phenolic OH excluding ortho intramolecular Hbond substituents is 5. The average Bonchev–Trinajstić information content (AvgIpc) is 0.795. The first-order chi connectivity index (χ1) is 56.9. The second-order valence-electron chi connectivity index (χ2n) is 24.0. The maximum absolute atomic E-state index is 10.6. The number of aromatic hydroxyl groups is 5. The van der Waals surface area contributed by atoms with Gasteiger partial charge in [0, 0.05) is 61.6 Å². The van der Waals surface area contributed by atoms with Gasteiger partial charge in [0.25, 0.3) is 0 Å². The maximum atomic E-state index is 10.6. The summed E-state index contributed by atoms with van der Waals surface area (Å²) in [6.07, 6.45) is 0. The molecule has 10 nitrogen and oxygen atoms in total. The molecule has 0 amide bonds. The third-order valence-corrected chi connectivity index (χ3v) is 16.3. The topological polar surface area (TPSA) is 163 Å². The summed E-state index contributed by atoms with van der Waals surface area (Å²) in [5.74, 6) is 1.36. The van der Waals surface area contributed by atoms with E-state index >= 15 is 0 Å². The molecule has 0 saturated carbocycles. The van der Waals surface area contributed by atoms with Gasteiger partial charge < -0.3 is 25.5 Å². The number of hydrogen-bond donors (Lipinski definition) is 5. The molecule has 0 unspecified atom stereocenters. The van der Waals surface area contributed by atoms with Gasteiger partial charge in [0.15, 0.2) is 0 Å². The SMILES string of the molecule is CC(=Nc1ccccc1)c1c(O)ccc2ccccc12.CC(=Nc1ccccc1)c1cccc(-c2ccccc2)c1O.CC(=Nc1ccccc1)c1cccc(C)c1O.Cc1cccc(C(=Nc2ccccc2)c2ccccc2)c1O.Oc1ccccc1C(=Nc1ccccc1)c1ccccc1.[Cl][Ti][Cl].[Cl][Ti][Cl].[Cl][Ti][Cl].[Cl][Ti][Cl].[Cl][Ti][Cl]. The van der Waals surface area contributed by atoms with Crippen molar-refractivity contribution in [1.82, 2.24) is 0 Å². The number of rotatable bonds is 13. The first-order valence-corrected chi connectivity index (χ1v) is 56.8. The Kier molecular flexibility index (Phi) is 51.5. The van der Waals surface area contributed by atoms with Crippen LogP contribution in [0.5, 0.6) is 28.7 Å². The van der Waals surface area contributed by atoms with Crippen LogP contribution in [0.2, 0.25) is 0 Å². The van der Waals surface area contributed by atoms with Crippen molar-refractivity contribution < 1.29 is 111 Å². The van der Waals surface area contributed by atoms with Crippen molar-refractivity contribution in [1.29, 1.82) is 0 Å². The van der Waals surface area contributed by atoms with Crippen molar-refractivity contribution >= 4 is 161 Å². The fourth-order valence-electron chi connectivity index (χ4n) is 11.1. The van der Waals surface area contributed by atoms with Gasteiger partial charge in [0.05, 0.1) is 39.9 Å². The number of benzene rings is 14. The summed E-state index contributed by atoms with van der Waals surface area (Å²) in [6, 6.07) is 115. The third kappa shape index (κ3) is 36.2. The number of aryl methyl sites for hydroxylation is 2. The van der Waals surface area contributed by atoms with Gasteiger partial charge >= 0.3 is 178 Å². The zero-order chi connectivity index (χ0) is 85.0. The summed E-state index contributed by atoms with van der Waals surface area (Å²) in [7, 11) is 48.9. The Balaban J connectivity index is 0.000000250. The summed E-state index contributed by atoms with van der Waals surface area (Å²) in [5, 5.41) is 53.4. The first kappa shape index (κ1) is 101. The van der Waals surface area contributed by atoms with Crippen LogP contribution in [0.15, 0.2) is 383 Å². The Morgan fingerprint density at radius 2 is 0.538 bits per heavy atom. The van der Waals surface area contributed by atoms with Crippen molar-refractivity contribution in [2.24, 2.45) is 25.0 Å². The van der Waals surface area contributed by atoms with Crippen molar-refractivity contribution in [3.63, 3.8) is 0 Å². The fourth-order valence-corrected chi connectivity index (χ4v) is 11.1. The number of aliphatic imine (C=N–C) groups is 5. The molecule has 0 saturated heterocycles. The second kappa shape index (κ2) is 59.8. The van der Waals surface area contributed by atoms with Crippen LogP contribution in [0, 0.1) is 13.8 Å². The molecular weight excluding hydrogens is 1850 g/mol. The number of halogens is 10. The molecule has 0 radical (unpaired) electrons. The summed E-state index contributed by atoms with van der Waals surface area (Å²) in [4.78, 5) is 23.1. The Bertz CT molecular complexity index is 5330. The second-order valence-corrected chi connectivity index (χ2v) is 36.9. The average molecular weight is 1930 g/mol. The van der Waals surface area contributed by atoms with Crippen LogP contribution in [0.4, 0.5) is 28.4 Å². The molecule has 0 aromatic heterocycles. The van der Waals surface area contributed by atoms with E-state index in [1.807, 2.05) is 380 Å². The Labute approximate surface area is 769 Å². The van der Waals surface area contributed by atoms with E-state index in [0.717, 1.165) is 129 Å². The molecule has 25 heteroatoms. The van der Waals surface area contributed by atoms with Crippen molar-refractivity contribution in [2.75, 3.05) is 0 Å². The minimum absolute atomic E-state index is 0.232. The van der Waals surface area contributed by atoms with Crippen molar-refractivity contribution in [2.45, 2.75) is 34.6 Å². The molecule has 117 heavy (non-hydrogen) atoms. The van der Waals surface area contributed by atoms with E-state index in [4.69, 9.17) is 103 Å². The van der Waals surface area contributed by atoms with Crippen molar-refractivity contribution in [3.05, 3.63) is 408 Å².